The van der Waals surface area contributed by atoms with Gasteiger partial charge in [-0.1, -0.05) is 12.1 Å². The van der Waals surface area contributed by atoms with E-state index in [2.05, 4.69) is 10.3 Å². The number of halogens is 2. The maximum Gasteiger partial charge on any atom is 0.257 e. The Kier molecular flexibility index (Phi) is 5.28. The van der Waals surface area contributed by atoms with E-state index in [1.165, 1.54) is 0 Å². The van der Waals surface area contributed by atoms with Gasteiger partial charge in [-0.25, -0.2) is 8.78 Å². The van der Waals surface area contributed by atoms with E-state index in [-0.39, 0.29) is 5.56 Å². The Balaban J connectivity index is 1.78. The largest absolute Gasteiger partial charge is 0.378 e. The minimum Gasteiger partial charge on any atom is -0.378 e. The smallest absolute Gasteiger partial charge is 0.257 e. The molecule has 0 unspecified atom stereocenters. The molecule has 1 amide bonds. The summed E-state index contributed by atoms with van der Waals surface area (Å²) in [6, 6.07) is 11.7. The fraction of sp³-hybridized carbons (Fsp3) is 0.143. The topological polar surface area (TPSA) is 62.2 Å². The van der Waals surface area contributed by atoms with Gasteiger partial charge in [0.15, 0.2) is 6.10 Å². The molecule has 1 atom stereocenters. The first-order valence-corrected chi connectivity index (χ1v) is 8.32. The molecular weight excluding hydrogens is 350 g/mol. The highest BCUT2D eigenvalue weighted by atomic mass is 19.1. The van der Waals surface area contributed by atoms with Gasteiger partial charge in [0.1, 0.15) is 11.6 Å². The van der Waals surface area contributed by atoms with E-state index in [1.54, 1.807) is 18.3 Å². The second-order valence-corrected chi connectivity index (χ2v) is 6.31. The zero-order chi connectivity index (χ0) is 19.6. The Morgan fingerprint density at radius 2 is 1.74 bits per heavy atom. The van der Waals surface area contributed by atoms with Gasteiger partial charge in [0, 0.05) is 29.2 Å². The van der Waals surface area contributed by atoms with Gasteiger partial charge in [-0.05, 0) is 60.9 Å². The SMILES string of the molecule is Cc1ccc(-c2ccc(NC(=O)[C@@H](O)c3cc(F)cc(F)c3)cc2C)cn1. The molecule has 0 fully saturated rings. The predicted molar refractivity (Wildman–Crippen MR) is 99.1 cm³/mol. The van der Waals surface area contributed by atoms with E-state index >= 15 is 0 Å². The lowest BCUT2D eigenvalue weighted by Gasteiger charge is -2.14. The monoisotopic (exact) mass is 368 g/mol. The highest BCUT2D eigenvalue weighted by Gasteiger charge is 2.19. The Morgan fingerprint density at radius 1 is 1.04 bits per heavy atom. The summed E-state index contributed by atoms with van der Waals surface area (Å²) in [5.74, 6) is -2.49. The molecule has 0 aliphatic carbocycles. The van der Waals surface area contributed by atoms with Crippen molar-refractivity contribution in [1.29, 1.82) is 0 Å². The van der Waals surface area contributed by atoms with Gasteiger partial charge in [0.2, 0.25) is 0 Å². The van der Waals surface area contributed by atoms with Crippen molar-refractivity contribution < 1.29 is 18.7 Å². The van der Waals surface area contributed by atoms with Crippen LogP contribution in [0, 0.1) is 25.5 Å². The van der Waals surface area contributed by atoms with Crippen LogP contribution in [0.5, 0.6) is 0 Å². The Labute approximate surface area is 155 Å². The molecule has 2 aromatic carbocycles. The molecule has 0 saturated heterocycles. The maximum atomic E-state index is 13.3. The van der Waals surface area contributed by atoms with Crippen molar-refractivity contribution in [2.75, 3.05) is 5.32 Å². The number of pyridine rings is 1. The molecule has 138 valence electrons. The van der Waals surface area contributed by atoms with Crippen LogP contribution in [0.1, 0.15) is 22.9 Å². The van der Waals surface area contributed by atoms with Crippen LogP contribution in [0.3, 0.4) is 0 Å². The molecule has 1 heterocycles. The molecule has 0 aliphatic heterocycles. The van der Waals surface area contributed by atoms with Crippen molar-refractivity contribution in [3.05, 3.63) is 83.2 Å². The summed E-state index contributed by atoms with van der Waals surface area (Å²) in [6.07, 6.45) is 0.0921. The lowest BCUT2D eigenvalue weighted by molar-refractivity contribution is -0.124. The van der Waals surface area contributed by atoms with Crippen LogP contribution >= 0.6 is 0 Å². The molecule has 3 rings (SSSR count). The number of aryl methyl sites for hydroxylation is 2. The molecule has 0 bridgehead atoms. The number of nitrogens with one attached hydrogen (secondary N) is 1. The number of hydrogen-bond donors (Lipinski definition) is 2. The normalized spacial score (nSPS) is 11.9. The number of benzene rings is 2. The molecule has 4 nitrogen and oxygen atoms in total. The first-order valence-electron chi connectivity index (χ1n) is 8.32. The lowest BCUT2D eigenvalue weighted by atomic mass is 10.0. The van der Waals surface area contributed by atoms with Crippen LogP contribution in [0.15, 0.2) is 54.7 Å². The number of carbonyl (C=O) groups is 1. The molecular formula is C21H18F2N2O2. The minimum absolute atomic E-state index is 0.149. The zero-order valence-electron chi connectivity index (χ0n) is 14.8. The number of anilines is 1. The van der Waals surface area contributed by atoms with Crippen molar-refractivity contribution in [2.45, 2.75) is 20.0 Å². The third kappa shape index (κ3) is 4.35. The first kappa shape index (κ1) is 18.7. The van der Waals surface area contributed by atoms with Gasteiger partial charge in [-0.2, -0.15) is 0 Å². The van der Waals surface area contributed by atoms with E-state index in [4.69, 9.17) is 0 Å². The standard InChI is InChI=1S/C21H18F2N2O2/c1-12-7-18(5-6-19(12)14-4-3-13(2)24-11-14)25-21(27)20(26)15-8-16(22)10-17(23)9-15/h3-11,20,26H,1-2H3,(H,25,27)/t20-/m0/s1. The first-order chi connectivity index (χ1) is 12.8. The number of amides is 1. The summed E-state index contributed by atoms with van der Waals surface area (Å²) < 4.78 is 26.5. The van der Waals surface area contributed by atoms with Crippen molar-refractivity contribution in [1.82, 2.24) is 4.98 Å². The van der Waals surface area contributed by atoms with Gasteiger partial charge in [-0.3, -0.25) is 9.78 Å². The van der Waals surface area contributed by atoms with Crippen LogP contribution in [0.25, 0.3) is 11.1 Å². The number of aliphatic hydroxyl groups is 1. The summed E-state index contributed by atoms with van der Waals surface area (Å²) in [5, 5.41) is 12.6. The highest BCUT2D eigenvalue weighted by molar-refractivity contribution is 5.95. The van der Waals surface area contributed by atoms with Crippen LogP contribution < -0.4 is 5.32 Å². The van der Waals surface area contributed by atoms with E-state index < -0.39 is 23.6 Å². The molecule has 0 aliphatic rings. The minimum atomic E-state index is -1.68. The second kappa shape index (κ2) is 7.63. The van der Waals surface area contributed by atoms with E-state index in [9.17, 15) is 18.7 Å². The third-order valence-corrected chi connectivity index (χ3v) is 4.17. The Bertz CT molecular complexity index is 968. The molecule has 2 N–H and O–H groups in total. The summed E-state index contributed by atoms with van der Waals surface area (Å²) in [6.45, 7) is 3.80. The van der Waals surface area contributed by atoms with Crippen molar-refractivity contribution in [3.63, 3.8) is 0 Å². The van der Waals surface area contributed by atoms with Gasteiger partial charge in [0.05, 0.1) is 0 Å². The third-order valence-electron chi connectivity index (χ3n) is 4.17. The quantitative estimate of drug-likeness (QED) is 0.721. The van der Waals surface area contributed by atoms with Gasteiger partial charge < -0.3 is 10.4 Å². The van der Waals surface area contributed by atoms with Crippen molar-refractivity contribution in [3.8, 4) is 11.1 Å². The highest BCUT2D eigenvalue weighted by Crippen LogP contribution is 2.26. The van der Waals surface area contributed by atoms with Gasteiger partial charge in [0.25, 0.3) is 5.91 Å². The number of aromatic nitrogens is 1. The average molecular weight is 368 g/mol. The zero-order valence-corrected chi connectivity index (χ0v) is 14.8. The van der Waals surface area contributed by atoms with Crippen LogP contribution in [0.4, 0.5) is 14.5 Å². The maximum absolute atomic E-state index is 13.3. The fourth-order valence-electron chi connectivity index (χ4n) is 2.79. The number of carbonyl (C=O) groups excluding carboxylic acids is 1. The molecule has 0 spiro atoms. The fourth-order valence-corrected chi connectivity index (χ4v) is 2.79. The number of aliphatic hydroxyl groups excluding tert-OH is 1. The molecule has 1 aromatic heterocycles. The number of rotatable bonds is 4. The van der Waals surface area contributed by atoms with E-state index in [1.807, 2.05) is 32.0 Å². The molecule has 27 heavy (non-hydrogen) atoms. The van der Waals surface area contributed by atoms with Crippen LogP contribution in [-0.4, -0.2) is 16.0 Å². The Morgan fingerprint density at radius 3 is 2.33 bits per heavy atom. The summed E-state index contributed by atoms with van der Waals surface area (Å²) in [4.78, 5) is 16.5. The van der Waals surface area contributed by atoms with Crippen molar-refractivity contribution >= 4 is 11.6 Å². The van der Waals surface area contributed by atoms with Gasteiger partial charge in [-0.15, -0.1) is 0 Å². The number of hydrogen-bond acceptors (Lipinski definition) is 3. The summed E-state index contributed by atoms with van der Waals surface area (Å²) >= 11 is 0. The predicted octanol–water partition coefficient (Wildman–Crippen LogP) is 4.32. The molecule has 6 heteroatoms. The molecule has 0 saturated carbocycles. The Hall–Kier alpha value is -3.12. The second-order valence-electron chi connectivity index (χ2n) is 6.31. The summed E-state index contributed by atoms with van der Waals surface area (Å²) in [7, 11) is 0. The molecule has 3 aromatic rings. The van der Waals surface area contributed by atoms with Crippen LogP contribution in [-0.2, 0) is 4.79 Å². The lowest BCUT2D eigenvalue weighted by Crippen LogP contribution is -2.21. The van der Waals surface area contributed by atoms with E-state index in [0.29, 0.717) is 11.8 Å². The molecule has 0 radical (unpaired) electrons. The van der Waals surface area contributed by atoms with Gasteiger partial charge >= 0.3 is 0 Å². The average Bonchev–Trinajstić information content (AvgIpc) is 2.61. The number of nitrogens with zero attached hydrogens (tertiary/aromatic N) is 1. The summed E-state index contributed by atoms with van der Waals surface area (Å²) in [5.41, 5.74) is 4.06. The van der Waals surface area contributed by atoms with Crippen molar-refractivity contribution in [2.24, 2.45) is 0 Å². The van der Waals surface area contributed by atoms with Crippen LogP contribution in [0.2, 0.25) is 0 Å². The van der Waals surface area contributed by atoms with E-state index in [0.717, 1.165) is 34.5 Å².